The van der Waals surface area contributed by atoms with E-state index < -0.39 is 21.7 Å². The number of anilines is 2. The standard InChI is InChI=1S/C28H22ClFN2O4S/c29-24-9-4-10-25(30)27(24)28(33)31-20-12-11-19-6-5-17-32(26(19)18-20)37(34,35)23-15-13-22(14-16-23)36-21-7-2-1-3-8-21/h1-4,7-16,18H,5-6,17H2,(H,31,33). The number of hydrogen-bond donors (Lipinski definition) is 1. The van der Waals surface area contributed by atoms with Gasteiger partial charge in [0, 0.05) is 12.2 Å². The Labute approximate surface area is 219 Å². The van der Waals surface area contributed by atoms with Crippen molar-refractivity contribution < 1.29 is 22.3 Å². The highest BCUT2D eigenvalue weighted by atomic mass is 35.5. The number of sulfonamides is 1. The predicted octanol–water partition coefficient (Wildman–Crippen LogP) is 6.67. The first-order valence-corrected chi connectivity index (χ1v) is 13.4. The van der Waals surface area contributed by atoms with Crippen LogP contribution >= 0.6 is 11.6 Å². The van der Waals surface area contributed by atoms with E-state index in [-0.39, 0.29) is 22.0 Å². The van der Waals surface area contributed by atoms with Crippen molar-refractivity contribution in [3.63, 3.8) is 0 Å². The number of nitrogens with one attached hydrogen (secondary N) is 1. The van der Waals surface area contributed by atoms with E-state index in [0.29, 0.717) is 35.7 Å². The van der Waals surface area contributed by atoms with Gasteiger partial charge in [0.2, 0.25) is 0 Å². The summed E-state index contributed by atoms with van der Waals surface area (Å²) >= 11 is 6.02. The second-order valence-electron chi connectivity index (χ2n) is 8.46. The number of benzene rings is 4. The molecule has 1 amide bonds. The minimum Gasteiger partial charge on any atom is -0.457 e. The summed E-state index contributed by atoms with van der Waals surface area (Å²) in [5.41, 5.74) is 1.36. The first-order chi connectivity index (χ1) is 17.8. The zero-order chi connectivity index (χ0) is 26.0. The number of nitrogens with zero attached hydrogens (tertiary/aromatic N) is 1. The molecule has 0 saturated carbocycles. The molecule has 0 aliphatic carbocycles. The highest BCUT2D eigenvalue weighted by molar-refractivity contribution is 7.92. The maximum Gasteiger partial charge on any atom is 0.264 e. The summed E-state index contributed by atoms with van der Waals surface area (Å²) in [5, 5.41) is 2.62. The number of rotatable bonds is 6. The van der Waals surface area contributed by atoms with Crippen LogP contribution in [0.25, 0.3) is 0 Å². The van der Waals surface area contributed by atoms with Crippen molar-refractivity contribution in [3.8, 4) is 11.5 Å². The number of hydrogen-bond acceptors (Lipinski definition) is 4. The van der Waals surface area contributed by atoms with Crippen molar-refractivity contribution in [2.45, 2.75) is 17.7 Å². The number of ether oxygens (including phenoxy) is 1. The van der Waals surface area contributed by atoms with Gasteiger partial charge in [-0.25, -0.2) is 12.8 Å². The molecule has 37 heavy (non-hydrogen) atoms. The third-order valence-electron chi connectivity index (χ3n) is 6.00. The molecule has 9 heteroatoms. The summed E-state index contributed by atoms with van der Waals surface area (Å²) in [6.07, 6.45) is 1.34. The molecule has 0 fully saturated rings. The lowest BCUT2D eigenvalue weighted by molar-refractivity contribution is 0.102. The van der Waals surface area contributed by atoms with Gasteiger partial charge in [-0.1, -0.05) is 41.9 Å². The van der Waals surface area contributed by atoms with Gasteiger partial charge < -0.3 is 10.1 Å². The van der Waals surface area contributed by atoms with Gasteiger partial charge in [-0.3, -0.25) is 9.10 Å². The van der Waals surface area contributed by atoms with Gasteiger partial charge in [-0.05, 0) is 79.1 Å². The van der Waals surface area contributed by atoms with E-state index in [9.17, 15) is 17.6 Å². The Morgan fingerprint density at radius 1 is 0.919 bits per heavy atom. The molecule has 1 aliphatic heterocycles. The van der Waals surface area contributed by atoms with Crippen molar-refractivity contribution >= 4 is 38.9 Å². The van der Waals surface area contributed by atoms with Crippen LogP contribution in [-0.2, 0) is 16.4 Å². The predicted molar refractivity (Wildman–Crippen MR) is 142 cm³/mol. The van der Waals surface area contributed by atoms with E-state index in [2.05, 4.69) is 5.32 Å². The molecule has 188 valence electrons. The molecule has 0 bridgehead atoms. The summed E-state index contributed by atoms with van der Waals surface area (Å²) in [5.74, 6) is -0.301. The zero-order valence-electron chi connectivity index (χ0n) is 19.5. The van der Waals surface area contributed by atoms with Crippen LogP contribution in [0.5, 0.6) is 11.5 Å². The fraction of sp³-hybridized carbons (Fsp3) is 0.107. The molecule has 5 rings (SSSR count). The van der Waals surface area contributed by atoms with Gasteiger partial charge >= 0.3 is 0 Å². The summed E-state index contributed by atoms with van der Waals surface area (Å²) in [4.78, 5) is 12.8. The molecule has 4 aromatic rings. The van der Waals surface area contributed by atoms with Gasteiger partial charge in [0.05, 0.1) is 21.2 Å². The molecule has 0 saturated heterocycles. The van der Waals surface area contributed by atoms with Crippen LogP contribution in [0.15, 0.2) is 95.9 Å². The van der Waals surface area contributed by atoms with Crippen molar-refractivity contribution in [2.24, 2.45) is 0 Å². The number of carbonyl (C=O) groups is 1. The van der Waals surface area contributed by atoms with Crippen LogP contribution in [-0.4, -0.2) is 20.9 Å². The van der Waals surface area contributed by atoms with E-state index >= 15 is 0 Å². The molecule has 0 atom stereocenters. The minimum atomic E-state index is -3.89. The Bertz CT molecular complexity index is 1540. The Hall–Kier alpha value is -3.88. The maximum atomic E-state index is 14.2. The lowest BCUT2D eigenvalue weighted by Gasteiger charge is -2.31. The van der Waals surface area contributed by atoms with E-state index in [1.807, 2.05) is 30.3 Å². The third kappa shape index (κ3) is 5.16. The second-order valence-corrected chi connectivity index (χ2v) is 10.7. The molecule has 1 N–H and O–H groups in total. The van der Waals surface area contributed by atoms with E-state index in [1.165, 1.54) is 28.6 Å². The maximum absolute atomic E-state index is 14.2. The summed E-state index contributed by atoms with van der Waals surface area (Å²) in [6, 6.07) is 24.5. The van der Waals surface area contributed by atoms with Gasteiger partial charge in [-0.15, -0.1) is 0 Å². The molecule has 6 nitrogen and oxygen atoms in total. The fourth-order valence-corrected chi connectivity index (χ4v) is 5.99. The Morgan fingerprint density at radius 2 is 1.65 bits per heavy atom. The van der Waals surface area contributed by atoms with Crippen molar-refractivity contribution in [3.05, 3.63) is 113 Å². The normalized spacial score (nSPS) is 13.1. The molecule has 4 aromatic carbocycles. The van der Waals surface area contributed by atoms with E-state index in [0.717, 1.165) is 11.6 Å². The third-order valence-corrected chi connectivity index (χ3v) is 8.14. The van der Waals surface area contributed by atoms with Crippen molar-refractivity contribution in [1.82, 2.24) is 0 Å². The molecular weight excluding hydrogens is 515 g/mol. The largest absolute Gasteiger partial charge is 0.457 e. The summed E-state index contributed by atoms with van der Waals surface area (Å²) < 4.78 is 48.5. The van der Waals surface area contributed by atoms with Gasteiger partial charge in [0.15, 0.2) is 0 Å². The number of halogens is 2. The number of aryl methyl sites for hydroxylation is 1. The molecule has 0 radical (unpaired) electrons. The summed E-state index contributed by atoms with van der Waals surface area (Å²) in [6.45, 7) is 0.286. The summed E-state index contributed by atoms with van der Waals surface area (Å²) in [7, 11) is -3.89. The van der Waals surface area contributed by atoms with Crippen LogP contribution in [0, 0.1) is 5.82 Å². The van der Waals surface area contributed by atoms with Gasteiger partial charge in [-0.2, -0.15) is 0 Å². The molecular formula is C28H22ClFN2O4S. The van der Waals surface area contributed by atoms with E-state index in [4.69, 9.17) is 16.3 Å². The van der Waals surface area contributed by atoms with Crippen LogP contribution in [0.4, 0.5) is 15.8 Å². The first-order valence-electron chi connectivity index (χ1n) is 11.6. The Kier molecular flexibility index (Phi) is 6.86. The lowest BCUT2D eigenvalue weighted by Crippen LogP contribution is -2.35. The number of carbonyl (C=O) groups excluding carboxylic acids is 1. The fourth-order valence-electron chi connectivity index (χ4n) is 4.21. The number of amides is 1. The molecule has 0 unspecified atom stereocenters. The highest BCUT2D eigenvalue weighted by Crippen LogP contribution is 2.35. The topological polar surface area (TPSA) is 75.7 Å². The SMILES string of the molecule is O=C(Nc1ccc2c(c1)N(S(=O)(=O)c1ccc(Oc3ccccc3)cc1)CCC2)c1c(F)cccc1Cl. The molecule has 1 heterocycles. The van der Waals surface area contributed by atoms with Crippen molar-refractivity contribution in [2.75, 3.05) is 16.2 Å². The van der Waals surface area contributed by atoms with Gasteiger partial charge in [0.25, 0.3) is 15.9 Å². The first kappa shape index (κ1) is 24.8. The van der Waals surface area contributed by atoms with Crippen LogP contribution in [0.3, 0.4) is 0 Å². The molecule has 0 aromatic heterocycles. The zero-order valence-corrected chi connectivity index (χ0v) is 21.1. The lowest BCUT2D eigenvalue weighted by atomic mass is 10.0. The Balaban J connectivity index is 1.40. The number of fused-ring (bicyclic) bond motifs is 1. The molecule has 1 aliphatic rings. The number of para-hydroxylation sites is 1. The van der Waals surface area contributed by atoms with E-state index in [1.54, 1.807) is 30.3 Å². The average Bonchev–Trinajstić information content (AvgIpc) is 2.89. The minimum absolute atomic E-state index is 0.0145. The average molecular weight is 537 g/mol. The Morgan fingerprint density at radius 3 is 2.38 bits per heavy atom. The second kappa shape index (κ2) is 10.2. The monoisotopic (exact) mass is 536 g/mol. The van der Waals surface area contributed by atoms with Crippen LogP contribution < -0.4 is 14.4 Å². The quantitative estimate of drug-likeness (QED) is 0.299. The molecule has 0 spiro atoms. The van der Waals surface area contributed by atoms with Crippen LogP contribution in [0.2, 0.25) is 5.02 Å². The van der Waals surface area contributed by atoms with Crippen molar-refractivity contribution in [1.29, 1.82) is 0 Å². The highest BCUT2D eigenvalue weighted by Gasteiger charge is 2.29. The smallest absolute Gasteiger partial charge is 0.264 e. The van der Waals surface area contributed by atoms with Gasteiger partial charge in [0.1, 0.15) is 17.3 Å². The van der Waals surface area contributed by atoms with Crippen LogP contribution in [0.1, 0.15) is 22.3 Å².